The number of allylic oxidation sites excluding steroid dienone is 1. The van der Waals surface area contributed by atoms with Crippen molar-refractivity contribution in [3.05, 3.63) is 57.7 Å². The van der Waals surface area contributed by atoms with Crippen molar-refractivity contribution >= 4 is 22.6 Å². The maximum absolute atomic E-state index is 13.1. The van der Waals surface area contributed by atoms with Gasteiger partial charge in [-0.3, -0.25) is 14.0 Å². The van der Waals surface area contributed by atoms with Gasteiger partial charge in [-0.1, -0.05) is 17.7 Å². The van der Waals surface area contributed by atoms with Crippen molar-refractivity contribution in [2.75, 3.05) is 20.3 Å². The van der Waals surface area contributed by atoms with E-state index in [-0.39, 0.29) is 11.5 Å². The molecule has 3 aromatic rings. The zero-order chi connectivity index (χ0) is 21.8. The number of hydrogen-bond donors (Lipinski definition) is 1. The molecule has 1 N–H and O–H groups in total. The predicted molar refractivity (Wildman–Crippen MR) is 122 cm³/mol. The molecular formula is C24H30N4O3. The van der Waals surface area contributed by atoms with Crippen molar-refractivity contribution in [2.24, 2.45) is 0 Å². The van der Waals surface area contributed by atoms with Crippen LogP contribution in [0.25, 0.3) is 16.7 Å². The van der Waals surface area contributed by atoms with Crippen molar-refractivity contribution < 1.29 is 9.53 Å². The Morgan fingerprint density at radius 3 is 2.94 bits per heavy atom. The second kappa shape index (κ2) is 9.47. The van der Waals surface area contributed by atoms with E-state index in [1.54, 1.807) is 23.8 Å². The molecule has 0 fully saturated rings. The van der Waals surface area contributed by atoms with Crippen LogP contribution >= 0.6 is 0 Å². The fourth-order valence-electron chi connectivity index (χ4n) is 4.30. The number of fused-ring (bicyclic) bond motifs is 2. The second-order valence-corrected chi connectivity index (χ2v) is 8.18. The molecule has 31 heavy (non-hydrogen) atoms. The highest BCUT2D eigenvalue weighted by Gasteiger charge is 2.20. The van der Waals surface area contributed by atoms with Crippen LogP contribution in [0.2, 0.25) is 0 Å². The first kappa shape index (κ1) is 21.3. The molecular weight excluding hydrogens is 392 g/mol. The number of nitrogens with zero attached hydrogens (tertiary/aromatic N) is 3. The third-order valence-corrected chi connectivity index (χ3v) is 5.97. The standard InChI is InChI=1S/C24H30N4O3/c1-17-8-6-13-28-21(17)26-22-19(24(28)30)16-20(27(22)14-7-15-31-2)23(29)25-12-11-18-9-4-3-5-10-18/h6,8-9,13,16H,3-5,7,10-12,14-15H2,1-2H3,(H,25,29). The van der Waals surface area contributed by atoms with Crippen LogP contribution in [0.5, 0.6) is 0 Å². The fourth-order valence-corrected chi connectivity index (χ4v) is 4.30. The number of carbonyl (C=O) groups excluding carboxylic acids is 1. The number of amides is 1. The van der Waals surface area contributed by atoms with Gasteiger partial charge in [0.15, 0.2) is 0 Å². The average molecular weight is 423 g/mol. The molecule has 0 aromatic carbocycles. The maximum atomic E-state index is 13.1. The lowest BCUT2D eigenvalue weighted by atomic mass is 9.97. The van der Waals surface area contributed by atoms with Crippen LogP contribution in [0.15, 0.2) is 40.8 Å². The molecule has 0 aliphatic heterocycles. The Hall–Kier alpha value is -2.93. The quantitative estimate of drug-likeness (QED) is 0.444. The molecule has 3 aromatic heterocycles. The first-order valence-electron chi connectivity index (χ1n) is 11.1. The maximum Gasteiger partial charge on any atom is 0.268 e. The lowest BCUT2D eigenvalue weighted by Gasteiger charge is -2.14. The van der Waals surface area contributed by atoms with E-state index < -0.39 is 0 Å². The number of ether oxygens (including phenoxy) is 1. The zero-order valence-corrected chi connectivity index (χ0v) is 18.3. The minimum atomic E-state index is -0.169. The molecule has 1 aliphatic carbocycles. The average Bonchev–Trinajstić information content (AvgIpc) is 3.15. The van der Waals surface area contributed by atoms with Crippen molar-refractivity contribution in [3.63, 3.8) is 0 Å². The number of nitrogens with one attached hydrogen (secondary N) is 1. The van der Waals surface area contributed by atoms with Crippen molar-refractivity contribution in [1.29, 1.82) is 0 Å². The summed E-state index contributed by atoms with van der Waals surface area (Å²) in [6.45, 7) is 3.65. The molecule has 0 atom stereocenters. The Morgan fingerprint density at radius 2 is 2.16 bits per heavy atom. The molecule has 0 unspecified atom stereocenters. The Kier molecular flexibility index (Phi) is 6.51. The highest BCUT2D eigenvalue weighted by atomic mass is 16.5. The molecule has 164 valence electrons. The molecule has 0 spiro atoms. The number of aromatic nitrogens is 3. The van der Waals surface area contributed by atoms with Crippen LogP contribution < -0.4 is 10.9 Å². The lowest BCUT2D eigenvalue weighted by Crippen LogP contribution is -2.27. The van der Waals surface area contributed by atoms with Gasteiger partial charge < -0.3 is 14.6 Å². The van der Waals surface area contributed by atoms with Gasteiger partial charge in [0.05, 0.1) is 5.39 Å². The van der Waals surface area contributed by atoms with Crippen LogP contribution in [-0.4, -0.2) is 40.1 Å². The highest BCUT2D eigenvalue weighted by Crippen LogP contribution is 2.20. The molecule has 1 amide bonds. The third kappa shape index (κ3) is 4.42. The third-order valence-electron chi connectivity index (χ3n) is 5.97. The zero-order valence-electron chi connectivity index (χ0n) is 18.3. The van der Waals surface area contributed by atoms with Crippen molar-refractivity contribution in [1.82, 2.24) is 19.3 Å². The SMILES string of the molecule is COCCCn1c(C(=O)NCCC2=CCCCC2)cc2c(=O)n3cccc(C)c3nc21. The van der Waals surface area contributed by atoms with Crippen LogP contribution in [0.4, 0.5) is 0 Å². The smallest absolute Gasteiger partial charge is 0.268 e. The van der Waals surface area contributed by atoms with Crippen LogP contribution in [0, 0.1) is 6.92 Å². The van der Waals surface area contributed by atoms with Crippen LogP contribution in [0.1, 0.15) is 54.6 Å². The summed E-state index contributed by atoms with van der Waals surface area (Å²) >= 11 is 0. The largest absolute Gasteiger partial charge is 0.385 e. The van der Waals surface area contributed by atoms with Gasteiger partial charge in [-0.15, -0.1) is 0 Å². The van der Waals surface area contributed by atoms with Gasteiger partial charge in [-0.2, -0.15) is 0 Å². The Balaban J connectivity index is 1.68. The van der Waals surface area contributed by atoms with Crippen LogP contribution in [0.3, 0.4) is 0 Å². The predicted octanol–water partition coefficient (Wildman–Crippen LogP) is 3.61. The van der Waals surface area contributed by atoms with E-state index in [4.69, 9.17) is 9.72 Å². The summed E-state index contributed by atoms with van der Waals surface area (Å²) in [6, 6.07) is 5.45. The normalized spacial score (nSPS) is 14.2. The van der Waals surface area contributed by atoms with E-state index in [1.807, 2.05) is 23.6 Å². The first-order chi connectivity index (χ1) is 15.1. The van der Waals surface area contributed by atoms with Gasteiger partial charge in [-0.05, 0) is 63.1 Å². The van der Waals surface area contributed by atoms with E-state index in [9.17, 15) is 9.59 Å². The summed E-state index contributed by atoms with van der Waals surface area (Å²) in [6.07, 6.45) is 10.4. The number of methoxy groups -OCH3 is 1. The van der Waals surface area contributed by atoms with Gasteiger partial charge >= 0.3 is 0 Å². The van der Waals surface area contributed by atoms with Gasteiger partial charge in [0.25, 0.3) is 11.5 Å². The molecule has 0 saturated heterocycles. The highest BCUT2D eigenvalue weighted by molar-refractivity contribution is 5.98. The van der Waals surface area contributed by atoms with E-state index in [1.165, 1.54) is 18.4 Å². The van der Waals surface area contributed by atoms with E-state index in [2.05, 4.69) is 11.4 Å². The molecule has 0 bridgehead atoms. The van der Waals surface area contributed by atoms with Gasteiger partial charge in [0, 0.05) is 33.0 Å². The lowest BCUT2D eigenvalue weighted by molar-refractivity contribution is 0.0944. The number of aryl methyl sites for hydroxylation is 2. The minimum Gasteiger partial charge on any atom is -0.385 e. The van der Waals surface area contributed by atoms with Gasteiger partial charge in [0.2, 0.25) is 0 Å². The summed E-state index contributed by atoms with van der Waals surface area (Å²) in [7, 11) is 1.66. The Morgan fingerprint density at radius 1 is 1.29 bits per heavy atom. The monoisotopic (exact) mass is 422 g/mol. The topological polar surface area (TPSA) is 77.6 Å². The summed E-state index contributed by atoms with van der Waals surface area (Å²) < 4.78 is 8.60. The number of rotatable bonds is 8. The molecule has 1 aliphatic rings. The van der Waals surface area contributed by atoms with Gasteiger partial charge in [0.1, 0.15) is 17.0 Å². The molecule has 7 nitrogen and oxygen atoms in total. The summed E-state index contributed by atoms with van der Waals surface area (Å²) in [5.41, 5.74) is 3.82. The number of hydrogen-bond acceptors (Lipinski definition) is 4. The summed E-state index contributed by atoms with van der Waals surface area (Å²) in [4.78, 5) is 31.0. The van der Waals surface area contributed by atoms with E-state index >= 15 is 0 Å². The fraction of sp³-hybridized carbons (Fsp3) is 0.458. The van der Waals surface area contributed by atoms with Crippen LogP contribution in [-0.2, 0) is 11.3 Å². The first-order valence-corrected chi connectivity index (χ1v) is 11.1. The van der Waals surface area contributed by atoms with Crippen molar-refractivity contribution in [3.8, 4) is 0 Å². The van der Waals surface area contributed by atoms with E-state index in [0.717, 1.165) is 31.2 Å². The van der Waals surface area contributed by atoms with Crippen molar-refractivity contribution in [2.45, 2.75) is 52.0 Å². The number of carbonyl (C=O) groups is 1. The molecule has 4 rings (SSSR count). The van der Waals surface area contributed by atoms with Gasteiger partial charge in [-0.25, -0.2) is 4.98 Å². The Bertz CT molecular complexity index is 1190. The molecule has 0 radical (unpaired) electrons. The number of pyridine rings is 1. The summed E-state index contributed by atoms with van der Waals surface area (Å²) in [5.74, 6) is -0.169. The molecule has 7 heteroatoms. The van der Waals surface area contributed by atoms with E-state index in [0.29, 0.717) is 42.1 Å². The molecule has 3 heterocycles. The second-order valence-electron chi connectivity index (χ2n) is 8.18. The Labute approximate surface area is 181 Å². The minimum absolute atomic E-state index is 0.157. The molecule has 0 saturated carbocycles. The summed E-state index contributed by atoms with van der Waals surface area (Å²) in [5, 5.41) is 3.50.